The van der Waals surface area contributed by atoms with Crippen LogP contribution >= 0.6 is 11.6 Å². The first-order chi connectivity index (χ1) is 11.0. The van der Waals surface area contributed by atoms with Gasteiger partial charge >= 0.3 is 5.97 Å². The van der Waals surface area contributed by atoms with Crippen molar-refractivity contribution in [3.8, 4) is 0 Å². The van der Waals surface area contributed by atoms with Gasteiger partial charge in [-0.2, -0.15) is 0 Å². The van der Waals surface area contributed by atoms with E-state index in [2.05, 4.69) is 0 Å². The van der Waals surface area contributed by atoms with Crippen LogP contribution in [0.15, 0.2) is 18.2 Å². The lowest BCUT2D eigenvalue weighted by atomic mass is 9.84. The van der Waals surface area contributed by atoms with Gasteiger partial charge in [-0.1, -0.05) is 24.4 Å². The highest BCUT2D eigenvalue weighted by Gasteiger charge is 2.45. The van der Waals surface area contributed by atoms with Crippen molar-refractivity contribution in [3.63, 3.8) is 0 Å². The predicted octanol–water partition coefficient (Wildman–Crippen LogP) is 3.47. The number of nitro benzene ring substituents is 1. The lowest BCUT2D eigenvalue weighted by Gasteiger charge is -2.33. The van der Waals surface area contributed by atoms with Crippen LogP contribution in [0, 0.1) is 16.0 Å². The topological polar surface area (TPSA) is 83.7 Å². The molecule has 3 rings (SSSR count). The summed E-state index contributed by atoms with van der Waals surface area (Å²) in [6.45, 7) is 0.346. The normalized spacial score (nSPS) is 27.6. The van der Waals surface area contributed by atoms with Crippen molar-refractivity contribution in [2.45, 2.75) is 50.7 Å². The molecule has 7 heteroatoms. The van der Waals surface area contributed by atoms with Crippen molar-refractivity contribution in [1.29, 1.82) is 0 Å². The maximum Gasteiger partial charge on any atom is 0.320 e. The average molecular weight is 339 g/mol. The van der Waals surface area contributed by atoms with Crippen molar-refractivity contribution >= 4 is 23.3 Å². The molecule has 124 valence electrons. The maximum absolute atomic E-state index is 11.6. The number of aliphatic carboxylic acids is 1. The van der Waals surface area contributed by atoms with Crippen LogP contribution in [-0.2, 0) is 11.3 Å². The fraction of sp³-hybridized carbons (Fsp3) is 0.562. The van der Waals surface area contributed by atoms with Gasteiger partial charge in [0.2, 0.25) is 0 Å². The molecule has 1 heterocycles. The van der Waals surface area contributed by atoms with Crippen molar-refractivity contribution < 1.29 is 14.8 Å². The Labute approximate surface area is 139 Å². The van der Waals surface area contributed by atoms with Crippen molar-refractivity contribution in [1.82, 2.24) is 4.90 Å². The summed E-state index contributed by atoms with van der Waals surface area (Å²) in [6.07, 6.45) is 4.97. The maximum atomic E-state index is 11.6. The number of fused-ring (bicyclic) bond motifs is 1. The molecule has 0 amide bonds. The zero-order valence-corrected chi connectivity index (χ0v) is 13.4. The van der Waals surface area contributed by atoms with Gasteiger partial charge in [0.25, 0.3) is 5.69 Å². The fourth-order valence-electron chi connectivity index (χ4n) is 4.02. The Bertz CT molecular complexity index is 637. The Morgan fingerprint density at radius 3 is 2.83 bits per heavy atom. The molecule has 3 atom stereocenters. The third-order valence-corrected chi connectivity index (χ3v) is 5.47. The van der Waals surface area contributed by atoms with E-state index in [1.54, 1.807) is 0 Å². The van der Waals surface area contributed by atoms with Crippen molar-refractivity contribution in [2.24, 2.45) is 5.92 Å². The van der Waals surface area contributed by atoms with Crippen LogP contribution in [0.5, 0.6) is 0 Å². The van der Waals surface area contributed by atoms with Gasteiger partial charge in [0, 0.05) is 29.7 Å². The number of hydrogen-bond donors (Lipinski definition) is 1. The summed E-state index contributed by atoms with van der Waals surface area (Å²) in [5.74, 6) is -0.414. The highest BCUT2D eigenvalue weighted by atomic mass is 35.5. The minimum Gasteiger partial charge on any atom is -0.480 e. The van der Waals surface area contributed by atoms with Gasteiger partial charge in [-0.15, -0.1) is 0 Å². The second-order valence-electron chi connectivity index (χ2n) is 6.41. The highest BCUT2D eigenvalue weighted by Crippen LogP contribution is 2.41. The first kappa shape index (κ1) is 16.2. The molecule has 1 aromatic carbocycles. The summed E-state index contributed by atoms with van der Waals surface area (Å²) < 4.78 is 0. The summed E-state index contributed by atoms with van der Waals surface area (Å²) in [5.41, 5.74) is 0.606. The van der Waals surface area contributed by atoms with E-state index in [1.165, 1.54) is 18.2 Å². The molecule has 3 unspecified atom stereocenters. The zero-order chi connectivity index (χ0) is 16.6. The van der Waals surface area contributed by atoms with Crippen LogP contribution in [0.2, 0.25) is 5.02 Å². The second kappa shape index (κ2) is 6.45. The minimum absolute atomic E-state index is 0.0179. The summed E-state index contributed by atoms with van der Waals surface area (Å²) in [6, 6.07) is 4.04. The number of carboxylic acids is 1. The molecule has 0 bridgehead atoms. The minimum atomic E-state index is -0.819. The predicted molar refractivity (Wildman–Crippen MR) is 85.4 cm³/mol. The zero-order valence-electron chi connectivity index (χ0n) is 12.7. The van der Waals surface area contributed by atoms with E-state index in [0.717, 1.165) is 25.7 Å². The van der Waals surface area contributed by atoms with E-state index in [0.29, 0.717) is 29.5 Å². The number of nitrogens with zero attached hydrogens (tertiary/aromatic N) is 2. The average Bonchev–Trinajstić information content (AvgIpc) is 2.88. The van der Waals surface area contributed by atoms with Gasteiger partial charge in [0.1, 0.15) is 6.04 Å². The largest absolute Gasteiger partial charge is 0.480 e. The SMILES string of the molecule is O=C(O)C1CC2CCCCC2N1Cc1cc([N+](=O)[O-])ccc1Cl. The quantitative estimate of drug-likeness (QED) is 0.671. The van der Waals surface area contributed by atoms with Crippen molar-refractivity contribution in [2.75, 3.05) is 0 Å². The molecular formula is C16H19ClN2O4. The first-order valence-corrected chi connectivity index (χ1v) is 8.26. The molecular weight excluding hydrogens is 320 g/mol. The Morgan fingerprint density at radius 2 is 2.13 bits per heavy atom. The number of benzene rings is 1. The van der Waals surface area contributed by atoms with Crippen LogP contribution < -0.4 is 0 Å². The molecule has 2 aliphatic rings. The second-order valence-corrected chi connectivity index (χ2v) is 6.81. The molecule has 0 spiro atoms. The molecule has 1 N–H and O–H groups in total. The third-order valence-electron chi connectivity index (χ3n) is 5.10. The lowest BCUT2D eigenvalue weighted by Crippen LogP contribution is -2.41. The standard InChI is InChI=1S/C16H19ClN2O4/c17-13-6-5-12(19(22)23)7-11(13)9-18-14-4-2-1-3-10(14)8-15(18)16(20)21/h5-7,10,14-15H,1-4,8-9H2,(H,20,21). The van der Waals surface area contributed by atoms with Crippen LogP contribution in [0.25, 0.3) is 0 Å². The van der Waals surface area contributed by atoms with Gasteiger partial charge in [-0.25, -0.2) is 0 Å². The molecule has 23 heavy (non-hydrogen) atoms. The van der Waals surface area contributed by atoms with E-state index in [-0.39, 0.29) is 11.7 Å². The Balaban J connectivity index is 1.88. The molecule has 1 aromatic rings. The van der Waals surface area contributed by atoms with Gasteiger partial charge in [0.15, 0.2) is 0 Å². The molecule has 0 aromatic heterocycles. The number of nitro groups is 1. The number of rotatable bonds is 4. The number of carbonyl (C=O) groups is 1. The smallest absolute Gasteiger partial charge is 0.320 e. The number of hydrogen-bond acceptors (Lipinski definition) is 4. The van der Waals surface area contributed by atoms with Crippen LogP contribution in [-0.4, -0.2) is 33.0 Å². The third kappa shape index (κ3) is 3.19. The van der Waals surface area contributed by atoms with Gasteiger partial charge in [-0.05, 0) is 36.8 Å². The summed E-state index contributed by atoms with van der Waals surface area (Å²) >= 11 is 6.19. The van der Waals surface area contributed by atoms with Gasteiger partial charge in [0.05, 0.1) is 4.92 Å². The molecule has 0 radical (unpaired) electrons. The lowest BCUT2D eigenvalue weighted by molar-refractivity contribution is -0.384. The summed E-state index contributed by atoms with van der Waals surface area (Å²) in [4.78, 5) is 24.1. The van der Waals surface area contributed by atoms with E-state index < -0.39 is 16.9 Å². The Kier molecular flexibility index (Phi) is 4.55. The number of non-ortho nitro benzene ring substituents is 1. The highest BCUT2D eigenvalue weighted by molar-refractivity contribution is 6.31. The van der Waals surface area contributed by atoms with E-state index in [1.807, 2.05) is 4.90 Å². The number of likely N-dealkylation sites (tertiary alicyclic amines) is 1. The Hall–Kier alpha value is -1.66. The Morgan fingerprint density at radius 1 is 1.39 bits per heavy atom. The molecule has 2 fully saturated rings. The first-order valence-electron chi connectivity index (χ1n) is 7.88. The monoisotopic (exact) mass is 338 g/mol. The fourth-order valence-corrected chi connectivity index (χ4v) is 4.19. The van der Waals surface area contributed by atoms with E-state index >= 15 is 0 Å². The van der Waals surface area contributed by atoms with E-state index in [4.69, 9.17) is 11.6 Å². The van der Waals surface area contributed by atoms with Crippen LogP contribution in [0.4, 0.5) is 5.69 Å². The molecule has 6 nitrogen and oxygen atoms in total. The molecule has 1 aliphatic carbocycles. The number of halogens is 1. The van der Waals surface area contributed by atoms with E-state index in [9.17, 15) is 20.0 Å². The van der Waals surface area contributed by atoms with Gasteiger partial charge < -0.3 is 5.11 Å². The van der Waals surface area contributed by atoms with Crippen LogP contribution in [0.3, 0.4) is 0 Å². The molecule has 1 saturated carbocycles. The van der Waals surface area contributed by atoms with Gasteiger partial charge in [-0.3, -0.25) is 19.8 Å². The summed E-state index contributed by atoms with van der Waals surface area (Å²) in [7, 11) is 0. The van der Waals surface area contributed by atoms with Crippen molar-refractivity contribution in [3.05, 3.63) is 38.9 Å². The number of carboxylic acid groups (broad SMARTS) is 1. The van der Waals surface area contributed by atoms with Crippen LogP contribution in [0.1, 0.15) is 37.7 Å². The molecule has 1 saturated heterocycles. The summed E-state index contributed by atoms with van der Waals surface area (Å²) in [5, 5.41) is 20.9. The molecule has 1 aliphatic heterocycles.